The van der Waals surface area contributed by atoms with Gasteiger partial charge >= 0.3 is 0 Å². The molecule has 0 aliphatic rings. The van der Waals surface area contributed by atoms with Gasteiger partial charge in [0.2, 0.25) is 5.78 Å². The van der Waals surface area contributed by atoms with E-state index in [2.05, 4.69) is 0 Å². The van der Waals surface area contributed by atoms with E-state index >= 15 is 0 Å². The molecule has 0 N–H and O–H groups in total. The molecule has 3 nitrogen and oxygen atoms in total. The smallest absolute Gasteiger partial charge is 0.207 e. The first-order valence-corrected chi connectivity index (χ1v) is 6.69. The molecule has 2 aromatic rings. The molecule has 0 aromatic heterocycles. The van der Waals surface area contributed by atoms with Crippen molar-refractivity contribution in [2.75, 3.05) is 13.2 Å². The third-order valence-corrected chi connectivity index (χ3v) is 3.08. The molecule has 0 atom stereocenters. The summed E-state index contributed by atoms with van der Waals surface area (Å²) < 4.78 is 10.6. The zero-order valence-corrected chi connectivity index (χ0v) is 12.0. The number of Topliss-reactive ketones (excluding diaryl/α,β-unsaturated/α-hetero) is 1. The molecular formula is C15H12Cl2O3. The Kier molecular flexibility index (Phi) is 5.27. The van der Waals surface area contributed by atoms with E-state index < -0.39 is 0 Å². The first-order chi connectivity index (χ1) is 9.66. The second-order valence-electron chi connectivity index (χ2n) is 3.98. The van der Waals surface area contributed by atoms with Gasteiger partial charge in [-0.05, 0) is 24.3 Å². The van der Waals surface area contributed by atoms with E-state index in [1.54, 1.807) is 48.5 Å². The van der Waals surface area contributed by atoms with Crippen LogP contribution in [0.25, 0.3) is 0 Å². The molecule has 0 amide bonds. The van der Waals surface area contributed by atoms with Crippen LogP contribution in [-0.2, 0) is 4.79 Å². The van der Waals surface area contributed by atoms with Crippen LogP contribution in [-0.4, -0.2) is 19.0 Å². The summed E-state index contributed by atoms with van der Waals surface area (Å²) in [5.41, 5.74) is 0. The Balaban J connectivity index is 1.82. The molecule has 104 valence electrons. The largest absolute Gasteiger partial charge is 0.484 e. The Bertz CT molecular complexity index is 548. The minimum Gasteiger partial charge on any atom is -0.484 e. The van der Waals surface area contributed by atoms with Crippen LogP contribution in [0, 0.1) is 0 Å². The van der Waals surface area contributed by atoms with Gasteiger partial charge in [-0.1, -0.05) is 47.5 Å². The summed E-state index contributed by atoms with van der Waals surface area (Å²) >= 11 is 11.8. The van der Waals surface area contributed by atoms with Crippen LogP contribution in [0.2, 0.25) is 10.0 Å². The third kappa shape index (κ3) is 4.15. The summed E-state index contributed by atoms with van der Waals surface area (Å²) in [7, 11) is 0. The van der Waals surface area contributed by atoms with Crippen molar-refractivity contribution in [2.24, 2.45) is 0 Å². The lowest BCUT2D eigenvalue weighted by molar-refractivity contribution is -0.123. The minimum atomic E-state index is -0.204. The summed E-state index contributed by atoms with van der Waals surface area (Å²) in [5, 5.41) is 0.930. The SMILES string of the molecule is O=C(COc1ccccc1Cl)COc1ccccc1Cl. The number of ketones is 1. The van der Waals surface area contributed by atoms with Crippen molar-refractivity contribution in [3.63, 3.8) is 0 Å². The van der Waals surface area contributed by atoms with Gasteiger partial charge in [0.15, 0.2) is 13.2 Å². The van der Waals surface area contributed by atoms with Crippen LogP contribution < -0.4 is 9.47 Å². The zero-order chi connectivity index (χ0) is 14.4. The van der Waals surface area contributed by atoms with Crippen molar-refractivity contribution in [1.29, 1.82) is 0 Å². The van der Waals surface area contributed by atoms with Crippen molar-refractivity contribution in [2.45, 2.75) is 0 Å². The van der Waals surface area contributed by atoms with Crippen molar-refractivity contribution >= 4 is 29.0 Å². The predicted octanol–water partition coefficient (Wildman–Crippen LogP) is 4.02. The topological polar surface area (TPSA) is 35.5 Å². The van der Waals surface area contributed by atoms with Crippen molar-refractivity contribution in [3.8, 4) is 11.5 Å². The normalized spacial score (nSPS) is 10.1. The number of halogens is 2. The Morgan fingerprint density at radius 1 is 0.800 bits per heavy atom. The highest BCUT2D eigenvalue weighted by Crippen LogP contribution is 2.24. The average molecular weight is 311 g/mol. The van der Waals surface area contributed by atoms with E-state index in [1.807, 2.05) is 0 Å². The molecular weight excluding hydrogens is 299 g/mol. The molecule has 0 fully saturated rings. The number of carbonyl (C=O) groups is 1. The van der Waals surface area contributed by atoms with Gasteiger partial charge in [0.25, 0.3) is 0 Å². The number of hydrogen-bond donors (Lipinski definition) is 0. The van der Waals surface area contributed by atoms with Crippen molar-refractivity contribution in [3.05, 3.63) is 58.6 Å². The van der Waals surface area contributed by atoms with E-state index in [9.17, 15) is 4.79 Å². The number of para-hydroxylation sites is 2. The predicted molar refractivity (Wildman–Crippen MR) is 78.9 cm³/mol. The lowest BCUT2D eigenvalue weighted by atomic mass is 10.3. The van der Waals surface area contributed by atoms with Gasteiger partial charge in [-0.3, -0.25) is 4.79 Å². The van der Waals surface area contributed by atoms with E-state index in [1.165, 1.54) is 0 Å². The number of benzene rings is 2. The van der Waals surface area contributed by atoms with Gasteiger partial charge in [-0.15, -0.1) is 0 Å². The molecule has 0 bridgehead atoms. The number of rotatable bonds is 6. The molecule has 0 aliphatic heterocycles. The molecule has 0 heterocycles. The first kappa shape index (κ1) is 14.7. The number of ether oxygens (including phenoxy) is 2. The second-order valence-corrected chi connectivity index (χ2v) is 4.79. The van der Waals surface area contributed by atoms with Gasteiger partial charge in [-0.25, -0.2) is 0 Å². The monoisotopic (exact) mass is 310 g/mol. The van der Waals surface area contributed by atoms with Crippen LogP contribution in [0.15, 0.2) is 48.5 Å². The molecule has 2 rings (SSSR count). The van der Waals surface area contributed by atoms with E-state index in [0.717, 1.165) is 0 Å². The van der Waals surface area contributed by atoms with Gasteiger partial charge < -0.3 is 9.47 Å². The fraction of sp³-hybridized carbons (Fsp3) is 0.133. The first-order valence-electron chi connectivity index (χ1n) is 5.93. The summed E-state index contributed by atoms with van der Waals surface area (Å²) in [4.78, 5) is 11.7. The summed E-state index contributed by atoms with van der Waals surface area (Å²) in [6, 6.07) is 13.9. The van der Waals surface area contributed by atoms with Gasteiger partial charge in [0.1, 0.15) is 11.5 Å². The van der Waals surface area contributed by atoms with E-state index in [-0.39, 0.29) is 19.0 Å². The maximum Gasteiger partial charge on any atom is 0.207 e. The molecule has 0 saturated carbocycles. The highest BCUT2D eigenvalue weighted by Gasteiger charge is 2.08. The second kappa shape index (κ2) is 7.17. The van der Waals surface area contributed by atoms with Crippen LogP contribution in [0.5, 0.6) is 11.5 Å². The molecule has 0 spiro atoms. The Morgan fingerprint density at radius 2 is 1.20 bits per heavy atom. The van der Waals surface area contributed by atoms with Gasteiger partial charge in [0, 0.05) is 0 Å². The summed E-state index contributed by atoms with van der Waals surface area (Å²) in [5.74, 6) is 0.741. The lowest BCUT2D eigenvalue weighted by Crippen LogP contribution is -2.19. The van der Waals surface area contributed by atoms with Crippen LogP contribution >= 0.6 is 23.2 Å². The van der Waals surface area contributed by atoms with Crippen LogP contribution in [0.3, 0.4) is 0 Å². The highest BCUT2D eigenvalue weighted by atomic mass is 35.5. The van der Waals surface area contributed by atoms with Crippen molar-refractivity contribution in [1.82, 2.24) is 0 Å². The Labute approximate surface area is 127 Å². The Morgan fingerprint density at radius 3 is 1.60 bits per heavy atom. The summed E-state index contributed by atoms with van der Waals surface area (Å²) in [6.07, 6.45) is 0. The molecule has 0 aliphatic carbocycles. The maximum absolute atomic E-state index is 11.7. The quantitative estimate of drug-likeness (QED) is 0.808. The molecule has 2 aromatic carbocycles. The molecule has 5 heteroatoms. The fourth-order valence-corrected chi connectivity index (χ4v) is 1.86. The van der Waals surface area contributed by atoms with E-state index in [4.69, 9.17) is 32.7 Å². The number of carbonyl (C=O) groups excluding carboxylic acids is 1. The van der Waals surface area contributed by atoms with Crippen molar-refractivity contribution < 1.29 is 14.3 Å². The maximum atomic E-state index is 11.7. The van der Waals surface area contributed by atoms with Gasteiger partial charge in [0.05, 0.1) is 10.0 Å². The summed E-state index contributed by atoms with van der Waals surface area (Å²) in [6.45, 7) is -0.206. The standard InChI is InChI=1S/C15H12Cl2O3/c16-12-5-1-3-7-14(12)19-9-11(18)10-20-15-8-4-2-6-13(15)17/h1-8H,9-10H2. The van der Waals surface area contributed by atoms with Crippen LogP contribution in [0.4, 0.5) is 0 Å². The third-order valence-electron chi connectivity index (χ3n) is 2.45. The number of hydrogen-bond acceptors (Lipinski definition) is 3. The van der Waals surface area contributed by atoms with Gasteiger partial charge in [-0.2, -0.15) is 0 Å². The zero-order valence-electron chi connectivity index (χ0n) is 10.5. The minimum absolute atomic E-state index is 0.103. The average Bonchev–Trinajstić information content (AvgIpc) is 2.45. The fourth-order valence-electron chi connectivity index (χ4n) is 1.48. The van der Waals surface area contributed by atoms with E-state index in [0.29, 0.717) is 21.5 Å². The molecule has 20 heavy (non-hydrogen) atoms. The molecule has 0 saturated heterocycles. The molecule has 0 radical (unpaired) electrons. The molecule has 0 unspecified atom stereocenters. The lowest BCUT2D eigenvalue weighted by Gasteiger charge is -2.09. The van der Waals surface area contributed by atoms with Crippen LogP contribution in [0.1, 0.15) is 0 Å². The highest BCUT2D eigenvalue weighted by molar-refractivity contribution is 6.32. The Hall–Kier alpha value is -1.71.